The van der Waals surface area contributed by atoms with Crippen molar-refractivity contribution in [2.45, 2.75) is 64.4 Å². The van der Waals surface area contributed by atoms with E-state index in [1.54, 1.807) is 6.92 Å². The first-order chi connectivity index (χ1) is 8.18. The van der Waals surface area contributed by atoms with Crippen LogP contribution in [0.15, 0.2) is 0 Å². The van der Waals surface area contributed by atoms with Crippen LogP contribution < -0.4 is 0 Å². The maximum atomic E-state index is 11.4. The quantitative estimate of drug-likeness (QED) is 0.613. The lowest BCUT2D eigenvalue weighted by molar-refractivity contribution is -0.158. The van der Waals surface area contributed by atoms with E-state index in [0.717, 1.165) is 38.5 Å². The third-order valence-corrected chi connectivity index (χ3v) is 2.82. The molecule has 4 heteroatoms. The molecular weight excluding hydrogens is 220 g/mol. The molecule has 1 aliphatic heterocycles. The van der Waals surface area contributed by atoms with E-state index in [4.69, 9.17) is 9.47 Å². The first kappa shape index (κ1) is 14.0. The minimum absolute atomic E-state index is 0.171. The van der Waals surface area contributed by atoms with Gasteiger partial charge in [0.1, 0.15) is 12.7 Å². The number of rotatable bonds is 0. The van der Waals surface area contributed by atoms with Crippen LogP contribution in [0.2, 0.25) is 0 Å². The lowest BCUT2D eigenvalue weighted by Crippen LogP contribution is -2.22. The Balaban J connectivity index is 2.35. The number of carbonyl (C=O) groups excluding carboxylic acids is 2. The van der Waals surface area contributed by atoms with E-state index in [-0.39, 0.29) is 24.6 Å². The molecule has 4 nitrogen and oxygen atoms in total. The van der Waals surface area contributed by atoms with E-state index in [1.165, 1.54) is 0 Å². The molecule has 0 aromatic carbocycles. The summed E-state index contributed by atoms with van der Waals surface area (Å²) in [7, 11) is 0. The number of carbonyl (C=O) groups is 2. The molecule has 0 spiro atoms. The topological polar surface area (TPSA) is 52.6 Å². The number of cyclic esters (lactones) is 2. The third kappa shape index (κ3) is 6.97. The van der Waals surface area contributed by atoms with Crippen molar-refractivity contribution in [1.82, 2.24) is 0 Å². The van der Waals surface area contributed by atoms with Crippen molar-refractivity contribution in [2.75, 3.05) is 6.61 Å². The molecule has 0 N–H and O–H groups in total. The minimum atomic E-state index is -0.339. The number of hydrogen-bond acceptors (Lipinski definition) is 4. The van der Waals surface area contributed by atoms with Gasteiger partial charge in [-0.05, 0) is 19.8 Å². The molecule has 0 bridgehead atoms. The van der Waals surface area contributed by atoms with E-state index in [9.17, 15) is 9.59 Å². The van der Waals surface area contributed by atoms with Gasteiger partial charge in [-0.3, -0.25) is 9.59 Å². The first-order valence-corrected chi connectivity index (χ1v) is 6.53. The summed E-state index contributed by atoms with van der Waals surface area (Å²) in [6.45, 7) is 1.92. The Hall–Kier alpha value is -1.06. The zero-order valence-corrected chi connectivity index (χ0v) is 10.6. The Morgan fingerprint density at radius 2 is 1.41 bits per heavy atom. The van der Waals surface area contributed by atoms with Crippen LogP contribution in [0.5, 0.6) is 0 Å². The summed E-state index contributed by atoms with van der Waals surface area (Å²) in [4.78, 5) is 22.7. The van der Waals surface area contributed by atoms with Gasteiger partial charge in [-0.25, -0.2) is 0 Å². The molecule has 0 radical (unpaired) electrons. The van der Waals surface area contributed by atoms with Crippen molar-refractivity contribution < 1.29 is 19.1 Å². The molecule has 1 atom stereocenters. The van der Waals surface area contributed by atoms with Crippen LogP contribution in [0.25, 0.3) is 0 Å². The van der Waals surface area contributed by atoms with Crippen molar-refractivity contribution in [3.63, 3.8) is 0 Å². The Bertz CT molecular complexity index is 250. The van der Waals surface area contributed by atoms with Gasteiger partial charge in [0, 0.05) is 12.8 Å². The van der Waals surface area contributed by atoms with E-state index in [0.29, 0.717) is 12.8 Å². The highest BCUT2D eigenvalue weighted by Crippen LogP contribution is 2.11. The fraction of sp³-hybridized carbons (Fsp3) is 0.846. The number of ether oxygens (including phenoxy) is 2. The average molecular weight is 242 g/mol. The summed E-state index contributed by atoms with van der Waals surface area (Å²) in [6.07, 6.45) is 6.77. The highest BCUT2D eigenvalue weighted by atomic mass is 16.6. The lowest BCUT2D eigenvalue weighted by atomic mass is 10.1. The highest BCUT2D eigenvalue weighted by Gasteiger charge is 2.12. The summed E-state index contributed by atoms with van der Waals surface area (Å²) >= 11 is 0. The van der Waals surface area contributed by atoms with Gasteiger partial charge in [0.25, 0.3) is 0 Å². The zero-order chi connectivity index (χ0) is 12.5. The maximum Gasteiger partial charge on any atom is 0.306 e. The largest absolute Gasteiger partial charge is 0.462 e. The van der Waals surface area contributed by atoms with Gasteiger partial charge in [0.15, 0.2) is 0 Å². The van der Waals surface area contributed by atoms with Crippen LogP contribution in [0.3, 0.4) is 0 Å². The number of hydrogen-bond donors (Lipinski definition) is 0. The molecule has 1 aliphatic rings. The summed E-state index contributed by atoms with van der Waals surface area (Å²) in [5, 5.41) is 0. The Morgan fingerprint density at radius 3 is 2.06 bits per heavy atom. The second kappa shape index (κ2) is 8.09. The monoisotopic (exact) mass is 242 g/mol. The lowest BCUT2D eigenvalue weighted by Gasteiger charge is -2.14. The summed E-state index contributed by atoms with van der Waals surface area (Å²) in [6, 6.07) is 0. The molecule has 1 heterocycles. The molecule has 0 aliphatic carbocycles. The minimum Gasteiger partial charge on any atom is -0.462 e. The predicted octanol–water partition coefficient (Wildman–Crippen LogP) is 2.60. The molecule has 98 valence electrons. The molecule has 1 saturated heterocycles. The fourth-order valence-corrected chi connectivity index (χ4v) is 1.85. The van der Waals surface area contributed by atoms with Gasteiger partial charge in [0.2, 0.25) is 0 Å². The normalized spacial score (nSPS) is 25.6. The summed E-state index contributed by atoms with van der Waals surface area (Å²) in [5.74, 6) is -0.379. The molecule has 0 saturated carbocycles. The third-order valence-electron chi connectivity index (χ3n) is 2.82. The van der Waals surface area contributed by atoms with Gasteiger partial charge in [-0.2, -0.15) is 0 Å². The van der Waals surface area contributed by atoms with Crippen LogP contribution in [0.4, 0.5) is 0 Å². The van der Waals surface area contributed by atoms with Gasteiger partial charge in [-0.1, -0.05) is 25.7 Å². The molecule has 1 rings (SSSR count). The predicted molar refractivity (Wildman–Crippen MR) is 63.4 cm³/mol. The average Bonchev–Trinajstić information content (AvgIpc) is 2.29. The van der Waals surface area contributed by atoms with E-state index in [1.807, 2.05) is 0 Å². The Morgan fingerprint density at radius 1 is 0.882 bits per heavy atom. The summed E-state index contributed by atoms with van der Waals surface area (Å²) < 4.78 is 10.2. The van der Waals surface area contributed by atoms with Crippen molar-refractivity contribution in [1.29, 1.82) is 0 Å². The molecule has 0 amide bonds. The highest BCUT2D eigenvalue weighted by molar-refractivity contribution is 5.70. The Kier molecular flexibility index (Phi) is 6.67. The van der Waals surface area contributed by atoms with Gasteiger partial charge >= 0.3 is 11.9 Å². The maximum absolute atomic E-state index is 11.4. The molecule has 17 heavy (non-hydrogen) atoms. The second-order valence-corrected chi connectivity index (χ2v) is 4.60. The van der Waals surface area contributed by atoms with Crippen LogP contribution >= 0.6 is 0 Å². The zero-order valence-electron chi connectivity index (χ0n) is 10.6. The molecular formula is C13H22O4. The van der Waals surface area contributed by atoms with Gasteiger partial charge in [-0.15, -0.1) is 0 Å². The Labute approximate surface area is 103 Å². The standard InChI is InChI=1S/C13H22O4/c1-11-10-16-12(14)8-6-4-2-3-5-7-9-13(15)17-11/h11H,2-10H2,1H3/t11-/m0/s1. The molecule has 0 unspecified atom stereocenters. The van der Waals surface area contributed by atoms with Crippen LogP contribution in [0, 0.1) is 0 Å². The summed E-state index contributed by atoms with van der Waals surface area (Å²) in [5.41, 5.74) is 0. The van der Waals surface area contributed by atoms with E-state index < -0.39 is 0 Å². The van der Waals surface area contributed by atoms with Gasteiger partial charge in [0.05, 0.1) is 0 Å². The van der Waals surface area contributed by atoms with Crippen LogP contribution in [-0.2, 0) is 19.1 Å². The van der Waals surface area contributed by atoms with Crippen molar-refractivity contribution in [3.8, 4) is 0 Å². The molecule has 0 aromatic rings. The van der Waals surface area contributed by atoms with E-state index in [2.05, 4.69) is 0 Å². The van der Waals surface area contributed by atoms with Crippen molar-refractivity contribution >= 4 is 11.9 Å². The van der Waals surface area contributed by atoms with Crippen LogP contribution in [-0.4, -0.2) is 24.6 Å². The molecule has 0 aromatic heterocycles. The fourth-order valence-electron chi connectivity index (χ4n) is 1.85. The smallest absolute Gasteiger partial charge is 0.306 e. The van der Waals surface area contributed by atoms with Crippen molar-refractivity contribution in [3.05, 3.63) is 0 Å². The molecule has 1 fully saturated rings. The number of esters is 2. The second-order valence-electron chi connectivity index (χ2n) is 4.60. The van der Waals surface area contributed by atoms with Crippen molar-refractivity contribution in [2.24, 2.45) is 0 Å². The first-order valence-electron chi connectivity index (χ1n) is 6.53. The van der Waals surface area contributed by atoms with Gasteiger partial charge < -0.3 is 9.47 Å². The van der Waals surface area contributed by atoms with Crippen LogP contribution in [0.1, 0.15) is 58.3 Å². The SMILES string of the molecule is C[C@H]1COC(=O)CCCCCCCCC(=O)O1. The van der Waals surface area contributed by atoms with E-state index >= 15 is 0 Å².